The molecule has 5 heteroatoms. The van der Waals surface area contributed by atoms with E-state index in [-0.39, 0.29) is 18.8 Å². The van der Waals surface area contributed by atoms with Crippen LogP contribution in [0.15, 0.2) is 12.0 Å². The van der Waals surface area contributed by atoms with Gasteiger partial charge in [-0.2, -0.15) is 10.5 Å². The molecule has 0 unspecified atom stereocenters. The summed E-state index contributed by atoms with van der Waals surface area (Å²) in [7, 11) is 0. The molecule has 0 aliphatic carbocycles. The van der Waals surface area contributed by atoms with Gasteiger partial charge < -0.3 is 9.47 Å². The summed E-state index contributed by atoms with van der Waals surface area (Å²) in [5.74, 6) is -0.282. The average molecular weight is 152 g/mol. The highest BCUT2D eigenvalue weighted by molar-refractivity contribution is 5.41. The van der Waals surface area contributed by atoms with Gasteiger partial charge >= 0.3 is 0 Å². The lowest BCUT2D eigenvalue weighted by molar-refractivity contribution is -0.124. The molecule has 0 aromatic carbocycles. The van der Waals surface area contributed by atoms with Gasteiger partial charge in [-0.1, -0.05) is 0 Å². The average Bonchev–Trinajstić information content (AvgIpc) is 2.03. The van der Waals surface area contributed by atoms with Crippen molar-refractivity contribution in [1.29, 1.82) is 10.5 Å². The summed E-state index contributed by atoms with van der Waals surface area (Å²) in [6, 6.07) is 3.20. The first-order valence-electron chi connectivity index (χ1n) is 2.54. The minimum atomic E-state index is -0.282. The van der Waals surface area contributed by atoms with Crippen molar-refractivity contribution in [3.8, 4) is 12.1 Å². The molecule has 0 spiro atoms. The third kappa shape index (κ3) is 4.49. The Morgan fingerprint density at radius 3 is 2.73 bits per heavy atom. The molecule has 0 bridgehead atoms. The molecular formula is C6H4N2O3. The van der Waals surface area contributed by atoms with Gasteiger partial charge in [-0.15, -0.1) is 0 Å². The van der Waals surface area contributed by atoms with E-state index in [2.05, 4.69) is 9.47 Å². The second-order valence-corrected chi connectivity index (χ2v) is 1.28. The summed E-state index contributed by atoms with van der Waals surface area (Å²) in [5, 5.41) is 16.2. The highest BCUT2D eigenvalue weighted by Crippen LogP contribution is 1.92. The van der Waals surface area contributed by atoms with Crippen molar-refractivity contribution in [3.05, 3.63) is 12.0 Å². The van der Waals surface area contributed by atoms with Crippen LogP contribution in [-0.4, -0.2) is 13.1 Å². The van der Waals surface area contributed by atoms with Gasteiger partial charge in [-0.05, 0) is 0 Å². The fourth-order valence-corrected chi connectivity index (χ4v) is 0.287. The molecule has 0 aliphatic heterocycles. The normalized spacial score (nSPS) is 9.09. The lowest BCUT2D eigenvalue weighted by Gasteiger charge is -1.92. The molecule has 0 atom stereocenters. The van der Waals surface area contributed by atoms with Crippen LogP contribution in [0.1, 0.15) is 0 Å². The fourth-order valence-electron chi connectivity index (χ4n) is 0.287. The van der Waals surface area contributed by atoms with E-state index < -0.39 is 0 Å². The smallest absolute Gasteiger partial charge is 0.299 e. The molecule has 0 radical (unpaired) electrons. The van der Waals surface area contributed by atoms with Crippen LogP contribution in [0.5, 0.6) is 0 Å². The number of nitriles is 2. The standard InChI is InChI=1S/C6H4N2O3/c7-1-2-10-4-6(3-8)11-5-9/h4-5H,2H2. The summed E-state index contributed by atoms with van der Waals surface area (Å²) in [5.41, 5.74) is 0. The predicted octanol–water partition coefficient (Wildman–Crippen LogP) is 0.0646. The summed E-state index contributed by atoms with van der Waals surface area (Å²) >= 11 is 0. The number of hydrogen-bond donors (Lipinski definition) is 0. The van der Waals surface area contributed by atoms with E-state index in [1.807, 2.05) is 0 Å². The lowest BCUT2D eigenvalue weighted by atomic mass is 10.6. The maximum atomic E-state index is 9.67. The SMILES string of the molecule is N#CCOC=C(C#N)OC=O. The molecule has 11 heavy (non-hydrogen) atoms. The monoisotopic (exact) mass is 152 g/mol. The van der Waals surface area contributed by atoms with Crippen molar-refractivity contribution in [2.24, 2.45) is 0 Å². The van der Waals surface area contributed by atoms with E-state index in [9.17, 15) is 4.79 Å². The molecule has 5 nitrogen and oxygen atoms in total. The summed E-state index contributed by atoms with van der Waals surface area (Å²) in [6.45, 7) is -0.0851. The Bertz CT molecular complexity index is 233. The van der Waals surface area contributed by atoms with Gasteiger partial charge in [0.05, 0.1) is 0 Å². The highest BCUT2D eigenvalue weighted by Gasteiger charge is 1.93. The summed E-state index contributed by atoms with van der Waals surface area (Å²) in [4.78, 5) is 9.67. The van der Waals surface area contributed by atoms with Gasteiger partial charge in [0.15, 0.2) is 6.61 Å². The Morgan fingerprint density at radius 2 is 2.27 bits per heavy atom. The molecule has 0 rings (SSSR count). The van der Waals surface area contributed by atoms with Crippen LogP contribution in [0.2, 0.25) is 0 Å². The van der Waals surface area contributed by atoms with Gasteiger partial charge in [0.25, 0.3) is 6.47 Å². The Morgan fingerprint density at radius 1 is 1.55 bits per heavy atom. The topological polar surface area (TPSA) is 83.1 Å². The molecular weight excluding hydrogens is 148 g/mol. The second-order valence-electron chi connectivity index (χ2n) is 1.28. The number of ether oxygens (including phenoxy) is 2. The van der Waals surface area contributed by atoms with Crippen LogP contribution in [0.25, 0.3) is 0 Å². The van der Waals surface area contributed by atoms with E-state index >= 15 is 0 Å². The van der Waals surface area contributed by atoms with Crippen LogP contribution < -0.4 is 0 Å². The minimum Gasteiger partial charge on any atom is -0.482 e. The first kappa shape index (κ1) is 8.99. The van der Waals surface area contributed by atoms with E-state index in [1.165, 1.54) is 6.07 Å². The van der Waals surface area contributed by atoms with Gasteiger partial charge in [-0.3, -0.25) is 4.79 Å². The van der Waals surface area contributed by atoms with Crippen molar-refractivity contribution in [3.63, 3.8) is 0 Å². The van der Waals surface area contributed by atoms with Crippen LogP contribution >= 0.6 is 0 Å². The van der Waals surface area contributed by atoms with Crippen molar-refractivity contribution in [2.75, 3.05) is 6.61 Å². The number of allylic oxidation sites excluding steroid dienone is 1. The van der Waals surface area contributed by atoms with Crippen molar-refractivity contribution in [1.82, 2.24) is 0 Å². The molecule has 0 saturated carbocycles. The molecule has 0 aromatic rings. The third-order valence-corrected chi connectivity index (χ3v) is 0.624. The van der Waals surface area contributed by atoms with Crippen LogP contribution in [0, 0.1) is 22.7 Å². The number of hydrogen-bond acceptors (Lipinski definition) is 5. The zero-order chi connectivity index (χ0) is 8.53. The molecule has 0 N–H and O–H groups in total. The zero-order valence-corrected chi connectivity index (χ0v) is 5.48. The van der Waals surface area contributed by atoms with E-state index in [0.29, 0.717) is 0 Å². The molecule has 0 aromatic heterocycles. The molecule has 0 amide bonds. The van der Waals surface area contributed by atoms with E-state index in [4.69, 9.17) is 10.5 Å². The first-order valence-corrected chi connectivity index (χ1v) is 2.54. The van der Waals surface area contributed by atoms with Crippen molar-refractivity contribution in [2.45, 2.75) is 0 Å². The quantitative estimate of drug-likeness (QED) is 0.246. The maximum absolute atomic E-state index is 9.67. The molecule has 0 aliphatic rings. The summed E-state index contributed by atoms with van der Waals surface area (Å²) in [6.07, 6.45) is 0.900. The number of carbonyl (C=O) groups is 1. The Kier molecular flexibility index (Phi) is 5.00. The zero-order valence-electron chi connectivity index (χ0n) is 5.48. The van der Waals surface area contributed by atoms with E-state index in [0.717, 1.165) is 6.26 Å². The van der Waals surface area contributed by atoms with Gasteiger partial charge in [-0.25, -0.2) is 0 Å². The van der Waals surface area contributed by atoms with Gasteiger partial charge in [0, 0.05) is 0 Å². The number of nitrogens with zero attached hydrogens (tertiary/aromatic N) is 2. The van der Waals surface area contributed by atoms with Crippen molar-refractivity contribution >= 4 is 6.47 Å². The third-order valence-electron chi connectivity index (χ3n) is 0.624. The van der Waals surface area contributed by atoms with Gasteiger partial charge in [0.2, 0.25) is 5.76 Å². The number of carbonyl (C=O) groups excluding carboxylic acids is 1. The molecule has 0 heterocycles. The van der Waals surface area contributed by atoms with E-state index in [1.54, 1.807) is 6.07 Å². The Labute approximate surface area is 63.0 Å². The first-order chi connectivity index (χ1) is 5.35. The molecule has 0 fully saturated rings. The second kappa shape index (κ2) is 6.12. The lowest BCUT2D eigenvalue weighted by Crippen LogP contribution is -1.89. The Hall–Kier alpha value is -2.01. The van der Waals surface area contributed by atoms with Crippen molar-refractivity contribution < 1.29 is 14.3 Å². The fraction of sp³-hybridized carbons (Fsp3) is 0.167. The summed E-state index contributed by atoms with van der Waals surface area (Å²) < 4.78 is 8.58. The molecule has 0 saturated heterocycles. The largest absolute Gasteiger partial charge is 0.482 e. The predicted molar refractivity (Wildman–Crippen MR) is 32.4 cm³/mol. The number of rotatable bonds is 4. The van der Waals surface area contributed by atoms with Gasteiger partial charge in [0.1, 0.15) is 18.4 Å². The van der Waals surface area contributed by atoms with Crippen LogP contribution in [0.3, 0.4) is 0 Å². The highest BCUT2D eigenvalue weighted by atomic mass is 16.5. The minimum absolute atomic E-state index is 0.102. The van der Waals surface area contributed by atoms with Crippen LogP contribution in [0.4, 0.5) is 0 Å². The molecule has 56 valence electrons. The maximum Gasteiger partial charge on any atom is 0.299 e. The van der Waals surface area contributed by atoms with Crippen LogP contribution in [-0.2, 0) is 14.3 Å². The Balaban J connectivity index is 3.85.